The normalized spacial score (nSPS) is 16.5. The Kier molecular flexibility index (Phi) is 6.14. The standard InChI is InChI=1S/C24H28N4O2/c1-3-27-15-7-10-20(27)16-25-24(29)22-17-28(19-8-5-4-6-9-19)26-23(22)18-11-13-21(30-2)14-12-18/h4-6,8-9,11-14,17,20H,3,7,10,15-16H2,1-2H3,(H,25,29). The molecule has 0 spiro atoms. The quantitative estimate of drug-likeness (QED) is 0.651. The summed E-state index contributed by atoms with van der Waals surface area (Å²) in [5.41, 5.74) is 3.04. The summed E-state index contributed by atoms with van der Waals surface area (Å²) in [6.07, 6.45) is 4.14. The zero-order chi connectivity index (χ0) is 20.9. The number of methoxy groups -OCH3 is 1. The molecule has 1 fully saturated rings. The van der Waals surface area contributed by atoms with E-state index in [4.69, 9.17) is 9.84 Å². The fraction of sp³-hybridized carbons (Fsp3) is 0.333. The summed E-state index contributed by atoms with van der Waals surface area (Å²) in [5, 5.41) is 7.89. The molecule has 1 saturated heterocycles. The van der Waals surface area contributed by atoms with Crippen LogP contribution in [0.15, 0.2) is 60.8 Å². The van der Waals surface area contributed by atoms with Crippen LogP contribution < -0.4 is 10.1 Å². The maximum Gasteiger partial charge on any atom is 0.255 e. The Bertz CT molecular complexity index is 982. The lowest BCUT2D eigenvalue weighted by molar-refractivity contribution is 0.0942. The minimum absolute atomic E-state index is 0.0917. The van der Waals surface area contributed by atoms with E-state index < -0.39 is 0 Å². The number of carbonyl (C=O) groups excluding carboxylic acids is 1. The van der Waals surface area contributed by atoms with Gasteiger partial charge in [-0.05, 0) is 62.3 Å². The average Bonchev–Trinajstić information content (AvgIpc) is 3.45. The number of benzene rings is 2. The van der Waals surface area contributed by atoms with Gasteiger partial charge >= 0.3 is 0 Å². The fourth-order valence-electron chi connectivity index (χ4n) is 4.06. The molecule has 2 aromatic carbocycles. The fourth-order valence-corrected chi connectivity index (χ4v) is 4.06. The lowest BCUT2D eigenvalue weighted by Gasteiger charge is -2.22. The third kappa shape index (κ3) is 4.24. The zero-order valence-corrected chi connectivity index (χ0v) is 17.5. The van der Waals surface area contributed by atoms with Gasteiger partial charge in [0.2, 0.25) is 0 Å². The van der Waals surface area contributed by atoms with Gasteiger partial charge in [-0.25, -0.2) is 4.68 Å². The Morgan fingerprint density at radius 1 is 1.17 bits per heavy atom. The first-order valence-electron chi connectivity index (χ1n) is 10.5. The largest absolute Gasteiger partial charge is 0.497 e. The number of aromatic nitrogens is 2. The number of carbonyl (C=O) groups is 1. The predicted octanol–water partition coefficient (Wildman–Crippen LogP) is 3.76. The van der Waals surface area contributed by atoms with Gasteiger partial charge in [0.15, 0.2) is 0 Å². The maximum absolute atomic E-state index is 13.2. The van der Waals surface area contributed by atoms with Gasteiger partial charge in [0.1, 0.15) is 11.4 Å². The van der Waals surface area contributed by atoms with Gasteiger partial charge in [-0.15, -0.1) is 0 Å². The van der Waals surface area contributed by atoms with Crippen molar-refractivity contribution in [2.45, 2.75) is 25.8 Å². The number of likely N-dealkylation sites (N-methyl/N-ethyl adjacent to an activating group) is 1. The first-order chi connectivity index (χ1) is 14.7. The number of amides is 1. The molecule has 0 bridgehead atoms. The summed E-state index contributed by atoms with van der Waals surface area (Å²) in [6, 6.07) is 17.9. The summed E-state index contributed by atoms with van der Waals surface area (Å²) < 4.78 is 7.03. The molecule has 1 aliphatic heterocycles. The minimum Gasteiger partial charge on any atom is -0.497 e. The van der Waals surface area contributed by atoms with Crippen LogP contribution in [0.3, 0.4) is 0 Å². The Labute approximate surface area is 177 Å². The van der Waals surface area contributed by atoms with Crippen molar-refractivity contribution in [3.8, 4) is 22.7 Å². The number of hydrogen-bond acceptors (Lipinski definition) is 4. The highest BCUT2D eigenvalue weighted by Crippen LogP contribution is 2.26. The number of nitrogens with one attached hydrogen (secondary N) is 1. The van der Waals surface area contributed by atoms with Crippen LogP contribution in [0, 0.1) is 0 Å². The summed E-state index contributed by atoms with van der Waals surface area (Å²) in [7, 11) is 1.64. The molecule has 6 nitrogen and oxygen atoms in total. The molecule has 0 aliphatic carbocycles. The van der Waals surface area contributed by atoms with Gasteiger partial charge in [-0.1, -0.05) is 25.1 Å². The van der Waals surface area contributed by atoms with Crippen molar-refractivity contribution in [1.82, 2.24) is 20.0 Å². The van der Waals surface area contributed by atoms with Crippen molar-refractivity contribution < 1.29 is 9.53 Å². The molecule has 1 aliphatic rings. The Balaban J connectivity index is 1.62. The van der Waals surface area contributed by atoms with Gasteiger partial charge in [-0.3, -0.25) is 9.69 Å². The van der Waals surface area contributed by atoms with Crippen molar-refractivity contribution in [3.05, 3.63) is 66.4 Å². The molecule has 0 saturated carbocycles. The monoisotopic (exact) mass is 404 g/mol. The molecule has 1 aromatic heterocycles. The first-order valence-corrected chi connectivity index (χ1v) is 10.5. The second kappa shape index (κ2) is 9.13. The van der Waals surface area contributed by atoms with Crippen molar-refractivity contribution in [3.63, 3.8) is 0 Å². The topological polar surface area (TPSA) is 59.4 Å². The average molecular weight is 405 g/mol. The number of hydrogen-bond donors (Lipinski definition) is 1. The van der Waals surface area contributed by atoms with Crippen LogP contribution >= 0.6 is 0 Å². The maximum atomic E-state index is 13.2. The van der Waals surface area contributed by atoms with Crippen molar-refractivity contribution >= 4 is 5.91 Å². The Morgan fingerprint density at radius 2 is 1.93 bits per heavy atom. The van der Waals surface area contributed by atoms with Gasteiger partial charge < -0.3 is 10.1 Å². The lowest BCUT2D eigenvalue weighted by atomic mass is 10.1. The lowest BCUT2D eigenvalue weighted by Crippen LogP contribution is -2.40. The van der Waals surface area contributed by atoms with Crippen LogP contribution in [0.4, 0.5) is 0 Å². The van der Waals surface area contributed by atoms with E-state index in [1.807, 2.05) is 60.8 Å². The second-order valence-electron chi connectivity index (χ2n) is 7.53. The van der Waals surface area contributed by atoms with E-state index in [1.54, 1.807) is 11.8 Å². The van der Waals surface area contributed by atoms with E-state index in [-0.39, 0.29) is 5.91 Å². The van der Waals surface area contributed by atoms with Gasteiger partial charge in [0, 0.05) is 24.3 Å². The predicted molar refractivity (Wildman–Crippen MR) is 118 cm³/mol. The molecule has 0 radical (unpaired) electrons. The molecule has 6 heteroatoms. The van der Waals surface area contributed by atoms with Crippen LogP contribution in [0.1, 0.15) is 30.1 Å². The van der Waals surface area contributed by atoms with E-state index in [2.05, 4.69) is 17.1 Å². The molecule has 30 heavy (non-hydrogen) atoms. The van der Waals surface area contributed by atoms with E-state index >= 15 is 0 Å². The van der Waals surface area contributed by atoms with Crippen molar-refractivity contribution in [1.29, 1.82) is 0 Å². The highest BCUT2D eigenvalue weighted by molar-refractivity contribution is 6.00. The third-order valence-corrected chi connectivity index (χ3v) is 5.75. The SMILES string of the molecule is CCN1CCCC1CNC(=O)c1cn(-c2ccccc2)nc1-c1ccc(OC)cc1. The smallest absolute Gasteiger partial charge is 0.255 e. The van der Waals surface area contributed by atoms with Gasteiger partial charge in [-0.2, -0.15) is 5.10 Å². The van der Waals surface area contributed by atoms with Crippen molar-refractivity contribution in [2.75, 3.05) is 26.7 Å². The molecule has 1 atom stereocenters. The zero-order valence-electron chi connectivity index (χ0n) is 17.5. The first kappa shape index (κ1) is 20.2. The van der Waals surface area contributed by atoms with Crippen molar-refractivity contribution in [2.24, 2.45) is 0 Å². The van der Waals surface area contributed by atoms with Gasteiger partial charge in [0.05, 0.1) is 18.4 Å². The van der Waals surface area contributed by atoms with Crippen LogP contribution in [0.5, 0.6) is 5.75 Å². The molecule has 4 rings (SSSR count). The Hall–Kier alpha value is -3.12. The summed E-state index contributed by atoms with van der Waals surface area (Å²) >= 11 is 0. The highest BCUT2D eigenvalue weighted by atomic mass is 16.5. The third-order valence-electron chi connectivity index (χ3n) is 5.75. The van der Waals surface area contributed by atoms with Gasteiger partial charge in [0.25, 0.3) is 5.91 Å². The molecular weight excluding hydrogens is 376 g/mol. The number of ether oxygens (including phenoxy) is 1. The van der Waals surface area contributed by atoms with E-state index in [0.717, 1.165) is 36.5 Å². The summed E-state index contributed by atoms with van der Waals surface area (Å²) in [5.74, 6) is 0.680. The highest BCUT2D eigenvalue weighted by Gasteiger charge is 2.25. The molecule has 3 aromatic rings. The molecule has 2 heterocycles. The molecule has 156 valence electrons. The summed E-state index contributed by atoms with van der Waals surface area (Å²) in [4.78, 5) is 15.6. The number of likely N-dealkylation sites (tertiary alicyclic amines) is 1. The number of rotatable bonds is 7. The molecular formula is C24H28N4O2. The molecule has 1 unspecified atom stereocenters. The van der Waals surface area contributed by atoms with Crippen LogP contribution in [0.2, 0.25) is 0 Å². The minimum atomic E-state index is -0.0917. The second-order valence-corrected chi connectivity index (χ2v) is 7.53. The summed E-state index contributed by atoms with van der Waals surface area (Å²) in [6.45, 7) is 4.96. The molecule has 1 amide bonds. The Morgan fingerprint density at radius 3 is 2.63 bits per heavy atom. The van der Waals surface area contributed by atoms with E-state index in [0.29, 0.717) is 23.8 Å². The molecule has 1 N–H and O–H groups in total. The van der Waals surface area contributed by atoms with E-state index in [1.165, 1.54) is 6.42 Å². The van der Waals surface area contributed by atoms with Crippen LogP contribution in [-0.4, -0.2) is 53.4 Å². The van der Waals surface area contributed by atoms with Crippen LogP contribution in [-0.2, 0) is 0 Å². The number of para-hydroxylation sites is 1. The number of nitrogens with zero attached hydrogens (tertiary/aromatic N) is 3. The van der Waals surface area contributed by atoms with Crippen LogP contribution in [0.25, 0.3) is 16.9 Å². The van der Waals surface area contributed by atoms with E-state index in [9.17, 15) is 4.79 Å².